The topological polar surface area (TPSA) is 29.5 Å². The lowest BCUT2D eigenvalue weighted by molar-refractivity contribution is -0.144. The van der Waals surface area contributed by atoms with Crippen molar-refractivity contribution in [3.63, 3.8) is 0 Å². The van der Waals surface area contributed by atoms with E-state index in [0.29, 0.717) is 18.4 Å². The van der Waals surface area contributed by atoms with E-state index >= 15 is 0 Å². The smallest absolute Gasteiger partial charge is 0.307 e. The highest BCUT2D eigenvalue weighted by Crippen LogP contribution is 2.44. The summed E-state index contributed by atoms with van der Waals surface area (Å²) >= 11 is 0. The summed E-state index contributed by atoms with van der Waals surface area (Å²) < 4.78 is 5.03. The van der Waals surface area contributed by atoms with Crippen molar-refractivity contribution in [2.75, 3.05) is 7.11 Å². The van der Waals surface area contributed by atoms with Crippen LogP contribution >= 0.6 is 0 Å². The van der Waals surface area contributed by atoms with Gasteiger partial charge in [0.25, 0.3) is 0 Å². The molecule has 0 fully saturated rings. The summed E-state index contributed by atoms with van der Waals surface area (Å²) in [4.78, 5) is 14.8. The lowest BCUT2D eigenvalue weighted by atomic mass is 9.71. The molecule has 3 atom stereocenters. The highest BCUT2D eigenvalue weighted by Gasteiger charge is 2.46. The fraction of sp³-hybridized carbons (Fsp3) is 0.591. The van der Waals surface area contributed by atoms with E-state index in [4.69, 9.17) is 4.74 Å². The van der Waals surface area contributed by atoms with Crippen LogP contribution in [-0.2, 0) is 16.1 Å². The number of nitrogens with zero attached hydrogens (tertiary/aromatic N) is 1. The first-order valence-corrected chi connectivity index (χ1v) is 9.44. The molecule has 0 bridgehead atoms. The van der Waals surface area contributed by atoms with Gasteiger partial charge < -0.3 is 4.74 Å². The Labute approximate surface area is 153 Å². The highest BCUT2D eigenvalue weighted by atomic mass is 16.5. The van der Waals surface area contributed by atoms with Crippen molar-refractivity contribution < 1.29 is 9.53 Å². The lowest BCUT2D eigenvalue weighted by Gasteiger charge is -2.53. The maximum atomic E-state index is 12.2. The highest BCUT2D eigenvalue weighted by molar-refractivity contribution is 5.71. The predicted molar refractivity (Wildman–Crippen MR) is 103 cm³/mol. The molecule has 3 heteroatoms. The third kappa shape index (κ3) is 3.82. The minimum atomic E-state index is -0.306. The number of methoxy groups -OCH3 is 1. The summed E-state index contributed by atoms with van der Waals surface area (Å²) in [5.41, 5.74) is 3.76. The van der Waals surface area contributed by atoms with Gasteiger partial charge in [-0.1, -0.05) is 55.3 Å². The van der Waals surface area contributed by atoms with Crippen LogP contribution in [0.4, 0.5) is 0 Å². The van der Waals surface area contributed by atoms with Gasteiger partial charge in [0.1, 0.15) is 0 Å². The minimum Gasteiger partial charge on any atom is -0.469 e. The number of ether oxygens (including phenoxy) is 1. The molecular weight excluding hydrogens is 310 g/mol. The lowest BCUT2D eigenvalue weighted by Crippen LogP contribution is -2.58. The maximum Gasteiger partial charge on any atom is 0.307 e. The van der Waals surface area contributed by atoms with E-state index in [9.17, 15) is 4.79 Å². The van der Waals surface area contributed by atoms with E-state index in [-0.39, 0.29) is 11.5 Å². The second-order valence-electron chi connectivity index (χ2n) is 7.44. The van der Waals surface area contributed by atoms with Crippen molar-refractivity contribution in [3.8, 4) is 0 Å². The van der Waals surface area contributed by atoms with Crippen LogP contribution in [0.25, 0.3) is 0 Å². The van der Waals surface area contributed by atoms with Gasteiger partial charge in [-0.15, -0.1) is 0 Å². The third-order valence-electron chi connectivity index (χ3n) is 6.22. The van der Waals surface area contributed by atoms with Gasteiger partial charge in [-0.05, 0) is 45.1 Å². The van der Waals surface area contributed by atoms with E-state index in [1.165, 1.54) is 23.8 Å². The van der Waals surface area contributed by atoms with E-state index in [0.717, 1.165) is 19.4 Å². The van der Waals surface area contributed by atoms with E-state index in [1.54, 1.807) is 0 Å². The molecule has 0 aliphatic carbocycles. The van der Waals surface area contributed by atoms with E-state index < -0.39 is 0 Å². The molecule has 0 saturated heterocycles. The van der Waals surface area contributed by atoms with Crippen LogP contribution in [0.5, 0.6) is 0 Å². The molecule has 0 saturated carbocycles. The molecule has 1 aromatic rings. The average Bonchev–Trinajstić information content (AvgIpc) is 2.63. The second kappa shape index (κ2) is 8.18. The van der Waals surface area contributed by atoms with Gasteiger partial charge in [-0.2, -0.15) is 0 Å². The fourth-order valence-corrected chi connectivity index (χ4v) is 4.53. The monoisotopic (exact) mass is 343 g/mol. The van der Waals surface area contributed by atoms with Crippen LogP contribution in [-0.4, -0.2) is 29.6 Å². The molecule has 1 heterocycles. The number of esters is 1. The Morgan fingerprint density at radius 1 is 1.16 bits per heavy atom. The first-order valence-electron chi connectivity index (χ1n) is 9.44. The predicted octanol–water partition coefficient (Wildman–Crippen LogP) is 4.97. The Kier molecular flexibility index (Phi) is 6.45. The minimum absolute atomic E-state index is 0.141. The Balaban J connectivity index is 2.52. The molecule has 0 spiro atoms. The molecule has 25 heavy (non-hydrogen) atoms. The number of benzene rings is 1. The van der Waals surface area contributed by atoms with Gasteiger partial charge in [-0.25, -0.2) is 0 Å². The largest absolute Gasteiger partial charge is 0.469 e. The van der Waals surface area contributed by atoms with Gasteiger partial charge in [0, 0.05) is 12.6 Å². The third-order valence-corrected chi connectivity index (χ3v) is 6.22. The molecule has 3 nitrogen and oxygen atoms in total. The fourth-order valence-electron chi connectivity index (χ4n) is 4.53. The molecule has 0 radical (unpaired) electrons. The molecule has 0 aromatic heterocycles. The second-order valence-corrected chi connectivity index (χ2v) is 7.44. The Morgan fingerprint density at radius 2 is 1.80 bits per heavy atom. The Morgan fingerprint density at radius 3 is 2.32 bits per heavy atom. The molecule has 0 N–H and O–H groups in total. The van der Waals surface area contributed by atoms with Gasteiger partial charge in [0.15, 0.2) is 0 Å². The van der Waals surface area contributed by atoms with Crippen LogP contribution in [0.1, 0.15) is 59.4 Å². The van der Waals surface area contributed by atoms with Gasteiger partial charge >= 0.3 is 5.97 Å². The standard InChI is InChI=1S/C22H33NO2/c1-7-19-16(3)17(4)22(5,14-21(24)25-6)23(20(19)8-2)15-18-12-10-9-11-13-18/h9-13,19-20H,7-8,14-15H2,1-6H3/t19-,20+,22-/m1/s1. The zero-order valence-electron chi connectivity index (χ0n) is 16.6. The van der Waals surface area contributed by atoms with Crippen LogP contribution in [0.15, 0.2) is 41.5 Å². The molecule has 1 aliphatic heterocycles. The quantitative estimate of drug-likeness (QED) is 0.540. The summed E-state index contributed by atoms with van der Waals surface area (Å²) in [6, 6.07) is 11.0. The number of rotatable bonds is 6. The van der Waals surface area contributed by atoms with Crippen LogP contribution in [0, 0.1) is 5.92 Å². The molecule has 1 aromatic carbocycles. The van der Waals surface area contributed by atoms with Crippen molar-refractivity contribution in [1.29, 1.82) is 0 Å². The summed E-state index contributed by atoms with van der Waals surface area (Å²) in [6.45, 7) is 12.0. The van der Waals surface area contributed by atoms with Crippen LogP contribution < -0.4 is 0 Å². The number of carbonyl (C=O) groups excluding carboxylic acids is 1. The summed E-state index contributed by atoms with van der Waals surface area (Å²) in [7, 11) is 1.48. The van der Waals surface area contributed by atoms with Gasteiger partial charge in [0.2, 0.25) is 0 Å². The van der Waals surface area contributed by atoms with Crippen molar-refractivity contribution in [3.05, 3.63) is 47.0 Å². The summed E-state index contributed by atoms with van der Waals surface area (Å²) in [6.07, 6.45) is 2.60. The number of carbonyl (C=O) groups is 1. The molecular formula is C22H33NO2. The van der Waals surface area contributed by atoms with Crippen molar-refractivity contribution in [1.82, 2.24) is 4.90 Å². The first kappa shape index (κ1) is 19.7. The van der Waals surface area contributed by atoms with Crippen LogP contribution in [0.3, 0.4) is 0 Å². The number of hydrogen-bond acceptors (Lipinski definition) is 3. The zero-order chi connectivity index (χ0) is 18.6. The van der Waals surface area contributed by atoms with Gasteiger partial charge in [-0.3, -0.25) is 9.69 Å². The first-order chi connectivity index (χ1) is 11.9. The molecule has 138 valence electrons. The Hall–Kier alpha value is -1.61. The molecule has 2 rings (SSSR count). The average molecular weight is 344 g/mol. The van der Waals surface area contributed by atoms with E-state index in [2.05, 4.69) is 69.9 Å². The maximum absolute atomic E-state index is 12.2. The van der Waals surface area contributed by atoms with Gasteiger partial charge in [0.05, 0.1) is 19.1 Å². The van der Waals surface area contributed by atoms with Crippen molar-refractivity contribution in [2.45, 2.75) is 72.0 Å². The molecule has 1 aliphatic rings. The summed E-state index contributed by atoms with van der Waals surface area (Å²) in [5.74, 6) is 0.400. The SMILES string of the molecule is CC[C@@H]1C(C)=C(C)[C@@](C)(CC(=O)OC)N(Cc2ccccc2)[C@H]1CC. The molecule has 0 unspecified atom stereocenters. The van der Waals surface area contributed by atoms with Crippen LogP contribution in [0.2, 0.25) is 0 Å². The molecule has 0 amide bonds. The van der Waals surface area contributed by atoms with Crippen molar-refractivity contribution >= 4 is 5.97 Å². The van der Waals surface area contributed by atoms with E-state index in [1.807, 2.05) is 0 Å². The number of hydrogen-bond donors (Lipinski definition) is 0. The van der Waals surface area contributed by atoms with Crippen molar-refractivity contribution in [2.24, 2.45) is 5.92 Å². The Bertz CT molecular complexity index is 622. The zero-order valence-corrected chi connectivity index (χ0v) is 16.6. The summed E-state index contributed by atoms with van der Waals surface area (Å²) in [5, 5.41) is 0. The normalized spacial score (nSPS) is 27.4.